The van der Waals surface area contributed by atoms with Crippen molar-refractivity contribution < 1.29 is 33.6 Å². The fourth-order valence-corrected chi connectivity index (χ4v) is 2.39. The summed E-state index contributed by atoms with van der Waals surface area (Å²) < 4.78 is 57.6. The standard InChI is InChI=1S/C2H2O8S2/c3-11(4)7-1-2(8-11)9-12(5,6)10-2/h1H2. The van der Waals surface area contributed by atoms with Crippen LogP contribution in [0.15, 0.2) is 0 Å². The Labute approximate surface area is 67.6 Å². The van der Waals surface area contributed by atoms with E-state index in [2.05, 4.69) is 16.7 Å². The summed E-state index contributed by atoms with van der Waals surface area (Å²) in [7, 11) is -8.27. The van der Waals surface area contributed by atoms with Crippen LogP contribution in [0.3, 0.4) is 0 Å². The molecule has 0 radical (unpaired) electrons. The Morgan fingerprint density at radius 2 is 1.42 bits per heavy atom. The summed E-state index contributed by atoms with van der Waals surface area (Å²) in [6.45, 7) is -0.630. The quantitative estimate of drug-likeness (QED) is 0.470. The zero-order valence-electron chi connectivity index (χ0n) is 5.29. The van der Waals surface area contributed by atoms with E-state index >= 15 is 0 Å². The molecule has 0 aromatic carbocycles. The molecule has 2 aliphatic heterocycles. The summed E-state index contributed by atoms with van der Waals surface area (Å²) >= 11 is 0. The van der Waals surface area contributed by atoms with Gasteiger partial charge in [0.05, 0.1) is 0 Å². The highest BCUT2D eigenvalue weighted by molar-refractivity contribution is 7.83. The Balaban J connectivity index is 2.22. The van der Waals surface area contributed by atoms with Gasteiger partial charge in [-0.05, 0) is 0 Å². The monoisotopic (exact) mass is 218 g/mol. The lowest BCUT2D eigenvalue weighted by molar-refractivity contribution is -0.296. The van der Waals surface area contributed by atoms with Gasteiger partial charge in [-0.3, -0.25) is 0 Å². The number of hydrogen-bond acceptors (Lipinski definition) is 8. The molecule has 0 aromatic heterocycles. The van der Waals surface area contributed by atoms with Crippen molar-refractivity contribution in [3.8, 4) is 0 Å². The largest absolute Gasteiger partial charge is 0.409 e. The lowest BCUT2D eigenvalue weighted by Gasteiger charge is -2.30. The van der Waals surface area contributed by atoms with Gasteiger partial charge in [0.1, 0.15) is 0 Å². The van der Waals surface area contributed by atoms with Crippen LogP contribution in [-0.4, -0.2) is 29.4 Å². The first-order valence-corrected chi connectivity index (χ1v) is 5.25. The Kier molecular flexibility index (Phi) is 1.37. The van der Waals surface area contributed by atoms with Crippen LogP contribution >= 0.6 is 0 Å². The molecule has 10 heteroatoms. The first-order chi connectivity index (χ1) is 5.33. The third kappa shape index (κ3) is 1.22. The molecule has 8 nitrogen and oxygen atoms in total. The molecule has 2 heterocycles. The number of hydrogen-bond donors (Lipinski definition) is 0. The smallest absolute Gasteiger partial charge is 0.239 e. The zero-order valence-corrected chi connectivity index (χ0v) is 6.92. The summed E-state index contributed by atoms with van der Waals surface area (Å²) in [4.78, 5) is 0. The Morgan fingerprint density at radius 1 is 0.917 bits per heavy atom. The molecule has 0 saturated carbocycles. The summed E-state index contributed by atoms with van der Waals surface area (Å²) in [5.74, 6) is -2.11. The third-order valence-electron chi connectivity index (χ3n) is 1.07. The van der Waals surface area contributed by atoms with E-state index in [-0.39, 0.29) is 0 Å². The van der Waals surface area contributed by atoms with Gasteiger partial charge < -0.3 is 0 Å². The molecule has 70 valence electrons. The molecule has 2 aliphatic rings. The maximum absolute atomic E-state index is 10.5. The van der Waals surface area contributed by atoms with Crippen molar-refractivity contribution in [1.82, 2.24) is 0 Å². The fraction of sp³-hybridized carbons (Fsp3) is 1.00. The minimum atomic E-state index is -4.18. The topological polar surface area (TPSA) is 105 Å². The Morgan fingerprint density at radius 3 is 1.75 bits per heavy atom. The van der Waals surface area contributed by atoms with Crippen LogP contribution in [0.25, 0.3) is 0 Å². The number of rotatable bonds is 0. The van der Waals surface area contributed by atoms with Crippen molar-refractivity contribution in [2.75, 3.05) is 6.61 Å². The summed E-state index contributed by atoms with van der Waals surface area (Å²) in [5.41, 5.74) is 0. The van der Waals surface area contributed by atoms with Crippen LogP contribution in [-0.2, 0) is 37.5 Å². The van der Waals surface area contributed by atoms with Crippen LogP contribution in [0.2, 0.25) is 0 Å². The molecule has 12 heavy (non-hydrogen) atoms. The molecule has 2 saturated heterocycles. The highest BCUT2D eigenvalue weighted by Crippen LogP contribution is 2.38. The van der Waals surface area contributed by atoms with Gasteiger partial charge in [0.15, 0.2) is 6.61 Å². The normalized spacial score (nSPS) is 34.7. The predicted molar refractivity (Wildman–Crippen MR) is 29.8 cm³/mol. The molecule has 0 atom stereocenters. The molecule has 0 unspecified atom stereocenters. The van der Waals surface area contributed by atoms with Crippen LogP contribution in [0.1, 0.15) is 0 Å². The molecule has 2 fully saturated rings. The van der Waals surface area contributed by atoms with E-state index in [0.717, 1.165) is 0 Å². The van der Waals surface area contributed by atoms with E-state index in [9.17, 15) is 16.8 Å². The Bertz CT molecular complexity index is 388. The van der Waals surface area contributed by atoms with Gasteiger partial charge in [-0.15, -0.1) is 0 Å². The lowest BCUT2D eigenvalue weighted by Crippen LogP contribution is -2.52. The van der Waals surface area contributed by atoms with Crippen molar-refractivity contribution in [3.63, 3.8) is 0 Å². The van der Waals surface area contributed by atoms with Gasteiger partial charge in [0.25, 0.3) is 0 Å². The van der Waals surface area contributed by atoms with Gasteiger partial charge in [-0.1, -0.05) is 0 Å². The van der Waals surface area contributed by atoms with Crippen LogP contribution < -0.4 is 0 Å². The predicted octanol–water partition coefficient (Wildman–Crippen LogP) is -1.78. The molecule has 0 amide bonds. The summed E-state index contributed by atoms with van der Waals surface area (Å²) in [6.07, 6.45) is 0. The maximum Gasteiger partial charge on any atom is 0.409 e. The third-order valence-corrected chi connectivity index (χ3v) is 2.85. The lowest BCUT2D eigenvalue weighted by atomic mass is 10.6. The zero-order chi connectivity index (χ0) is 9.04. The first kappa shape index (κ1) is 8.34. The second-order valence-electron chi connectivity index (χ2n) is 2.01. The van der Waals surface area contributed by atoms with Crippen LogP contribution in [0.4, 0.5) is 0 Å². The van der Waals surface area contributed by atoms with Crippen molar-refractivity contribution in [2.24, 2.45) is 0 Å². The minimum absolute atomic E-state index is 0.630. The fourth-order valence-electron chi connectivity index (χ4n) is 0.741. The van der Waals surface area contributed by atoms with Crippen LogP contribution in [0, 0.1) is 0 Å². The molecular weight excluding hydrogens is 216 g/mol. The molecule has 1 spiro atoms. The van der Waals surface area contributed by atoms with E-state index in [1.54, 1.807) is 0 Å². The van der Waals surface area contributed by atoms with Crippen molar-refractivity contribution in [1.29, 1.82) is 0 Å². The first-order valence-electron chi connectivity index (χ1n) is 2.59. The van der Waals surface area contributed by atoms with E-state index in [0.29, 0.717) is 0 Å². The molecule has 0 aliphatic carbocycles. The van der Waals surface area contributed by atoms with Crippen molar-refractivity contribution in [3.05, 3.63) is 0 Å². The van der Waals surface area contributed by atoms with E-state index in [1.807, 2.05) is 0 Å². The van der Waals surface area contributed by atoms with E-state index < -0.39 is 33.4 Å². The summed E-state index contributed by atoms with van der Waals surface area (Å²) in [5, 5.41) is 0. The van der Waals surface area contributed by atoms with Gasteiger partial charge in [-0.25, -0.2) is 4.18 Å². The SMILES string of the molecule is O=S1(=O)OCC2(O1)OS(=O)(=O)O2. The van der Waals surface area contributed by atoms with Gasteiger partial charge in [0, 0.05) is 0 Å². The highest BCUT2D eigenvalue weighted by Gasteiger charge is 2.62. The minimum Gasteiger partial charge on any atom is -0.239 e. The van der Waals surface area contributed by atoms with Gasteiger partial charge in [0.2, 0.25) is 0 Å². The van der Waals surface area contributed by atoms with Gasteiger partial charge >= 0.3 is 26.8 Å². The Hall–Kier alpha value is -0.260. The highest BCUT2D eigenvalue weighted by atomic mass is 32.3. The van der Waals surface area contributed by atoms with Crippen molar-refractivity contribution >= 4 is 20.8 Å². The van der Waals surface area contributed by atoms with Crippen LogP contribution in [0.5, 0.6) is 0 Å². The van der Waals surface area contributed by atoms with Gasteiger partial charge in [-0.2, -0.15) is 29.4 Å². The van der Waals surface area contributed by atoms with E-state index in [1.165, 1.54) is 0 Å². The molecule has 0 aromatic rings. The molecule has 0 N–H and O–H groups in total. The molecule has 2 rings (SSSR count). The summed E-state index contributed by atoms with van der Waals surface area (Å²) in [6, 6.07) is 0. The second-order valence-corrected chi connectivity index (χ2v) is 4.38. The molecular formula is C2H2O8S2. The van der Waals surface area contributed by atoms with E-state index in [4.69, 9.17) is 0 Å². The second kappa shape index (κ2) is 1.97. The van der Waals surface area contributed by atoms with Crippen molar-refractivity contribution in [2.45, 2.75) is 5.97 Å². The average Bonchev–Trinajstić information content (AvgIpc) is 2.03. The molecule has 0 bridgehead atoms. The maximum atomic E-state index is 10.5. The average molecular weight is 218 g/mol.